The molecule has 3 rings (SSSR count). The number of urea groups is 1. The van der Waals surface area contributed by atoms with Crippen LogP contribution in [0, 0.1) is 0 Å². The van der Waals surface area contributed by atoms with E-state index in [1.807, 2.05) is 18.2 Å². The summed E-state index contributed by atoms with van der Waals surface area (Å²) in [5.74, 6) is -1.04. The van der Waals surface area contributed by atoms with E-state index in [9.17, 15) is 9.59 Å². The Balaban J connectivity index is 1.78. The number of benzene rings is 1. The van der Waals surface area contributed by atoms with Crippen molar-refractivity contribution in [1.82, 2.24) is 15.2 Å². The summed E-state index contributed by atoms with van der Waals surface area (Å²) >= 11 is 0. The number of carboxylic acids is 1. The van der Waals surface area contributed by atoms with Crippen molar-refractivity contribution in [1.29, 1.82) is 0 Å². The molecule has 0 aliphatic carbocycles. The van der Waals surface area contributed by atoms with Crippen LogP contribution < -0.4 is 5.32 Å². The molecule has 6 heteroatoms. The summed E-state index contributed by atoms with van der Waals surface area (Å²) < 4.78 is 0. The van der Waals surface area contributed by atoms with Crippen LogP contribution in [-0.4, -0.2) is 40.1 Å². The Morgan fingerprint density at radius 1 is 1.35 bits per heavy atom. The van der Waals surface area contributed by atoms with Crippen LogP contribution in [0.2, 0.25) is 0 Å². The van der Waals surface area contributed by atoms with Crippen LogP contribution in [0.25, 0.3) is 10.9 Å². The second kappa shape index (κ2) is 4.88. The Labute approximate surface area is 115 Å². The van der Waals surface area contributed by atoms with Gasteiger partial charge in [0.15, 0.2) is 0 Å². The molecule has 104 valence electrons. The summed E-state index contributed by atoms with van der Waals surface area (Å²) in [6, 6.07) is 7.73. The van der Waals surface area contributed by atoms with Crippen molar-refractivity contribution in [3.8, 4) is 0 Å². The second-order valence-electron chi connectivity index (χ2n) is 4.85. The molecule has 0 unspecified atom stereocenters. The van der Waals surface area contributed by atoms with E-state index >= 15 is 0 Å². The van der Waals surface area contributed by atoms with Crippen molar-refractivity contribution in [3.63, 3.8) is 0 Å². The third kappa shape index (κ3) is 2.20. The molecule has 2 heterocycles. The smallest absolute Gasteiger partial charge is 0.323 e. The predicted molar refractivity (Wildman–Crippen MR) is 73.4 cm³/mol. The van der Waals surface area contributed by atoms with E-state index in [1.165, 1.54) is 10.9 Å². The number of hydrogen-bond acceptors (Lipinski definition) is 2. The van der Waals surface area contributed by atoms with Crippen molar-refractivity contribution in [2.45, 2.75) is 13.0 Å². The van der Waals surface area contributed by atoms with Gasteiger partial charge in [0, 0.05) is 23.1 Å². The van der Waals surface area contributed by atoms with Crippen LogP contribution in [-0.2, 0) is 17.8 Å². The number of para-hydroxylation sites is 1. The SMILES string of the molecule is O=C(O)CNC(=O)N1CCc2c([nH]c3ccccc23)C1. The molecule has 1 aliphatic rings. The van der Waals surface area contributed by atoms with Crippen LogP contribution in [0.1, 0.15) is 11.3 Å². The maximum Gasteiger partial charge on any atom is 0.323 e. The number of nitrogens with one attached hydrogen (secondary N) is 2. The molecule has 0 saturated heterocycles. The molecule has 0 atom stereocenters. The molecular weight excluding hydrogens is 258 g/mol. The van der Waals surface area contributed by atoms with Gasteiger partial charge in [0.1, 0.15) is 6.54 Å². The molecule has 0 bridgehead atoms. The van der Waals surface area contributed by atoms with Gasteiger partial charge in [0.05, 0.1) is 6.54 Å². The Morgan fingerprint density at radius 3 is 2.95 bits per heavy atom. The third-order valence-electron chi connectivity index (χ3n) is 3.56. The highest BCUT2D eigenvalue weighted by atomic mass is 16.4. The number of amides is 2. The number of carboxylic acid groups (broad SMARTS) is 1. The van der Waals surface area contributed by atoms with Gasteiger partial charge in [-0.05, 0) is 18.1 Å². The Bertz CT molecular complexity index is 677. The lowest BCUT2D eigenvalue weighted by molar-refractivity contribution is -0.135. The summed E-state index contributed by atoms with van der Waals surface area (Å²) in [6.07, 6.45) is 0.778. The van der Waals surface area contributed by atoms with E-state index in [1.54, 1.807) is 4.90 Å². The van der Waals surface area contributed by atoms with Crippen LogP contribution in [0.3, 0.4) is 0 Å². The first-order chi connectivity index (χ1) is 9.65. The molecule has 1 aliphatic heterocycles. The topological polar surface area (TPSA) is 85.4 Å². The molecular formula is C14H15N3O3. The Hall–Kier alpha value is -2.50. The van der Waals surface area contributed by atoms with Crippen molar-refractivity contribution in [3.05, 3.63) is 35.5 Å². The molecule has 6 nitrogen and oxygen atoms in total. The number of H-pyrrole nitrogens is 1. The molecule has 3 N–H and O–H groups in total. The van der Waals surface area contributed by atoms with E-state index in [-0.39, 0.29) is 12.6 Å². The molecule has 1 aromatic heterocycles. The monoisotopic (exact) mass is 273 g/mol. The number of aliphatic carboxylic acids is 1. The van der Waals surface area contributed by atoms with E-state index in [0.717, 1.165) is 17.6 Å². The van der Waals surface area contributed by atoms with Crippen LogP contribution >= 0.6 is 0 Å². The van der Waals surface area contributed by atoms with Gasteiger partial charge in [-0.15, -0.1) is 0 Å². The van der Waals surface area contributed by atoms with Gasteiger partial charge in [0.2, 0.25) is 0 Å². The minimum Gasteiger partial charge on any atom is -0.480 e. The highest BCUT2D eigenvalue weighted by Crippen LogP contribution is 2.27. The standard InChI is InChI=1S/C14H15N3O3/c18-13(19)7-15-14(20)17-6-5-10-9-3-1-2-4-11(9)16-12(10)8-17/h1-4,16H,5-8H2,(H,15,20)(H,18,19). The minimum atomic E-state index is -1.04. The predicted octanol–water partition coefficient (Wildman–Crippen LogP) is 1.32. The van der Waals surface area contributed by atoms with Gasteiger partial charge in [-0.1, -0.05) is 18.2 Å². The fourth-order valence-corrected chi connectivity index (χ4v) is 2.63. The van der Waals surface area contributed by atoms with Gasteiger partial charge in [-0.2, -0.15) is 0 Å². The molecule has 2 amide bonds. The number of nitrogens with zero attached hydrogens (tertiary/aromatic N) is 1. The summed E-state index contributed by atoms with van der Waals surface area (Å²) in [5, 5.41) is 12.2. The second-order valence-corrected chi connectivity index (χ2v) is 4.85. The zero-order chi connectivity index (χ0) is 14.1. The summed E-state index contributed by atoms with van der Waals surface area (Å²) in [5.41, 5.74) is 3.36. The Kier molecular flexibility index (Phi) is 3.06. The summed E-state index contributed by atoms with van der Waals surface area (Å²) in [7, 11) is 0. The highest BCUT2D eigenvalue weighted by Gasteiger charge is 2.23. The first kappa shape index (κ1) is 12.5. The third-order valence-corrected chi connectivity index (χ3v) is 3.56. The van der Waals surface area contributed by atoms with Gasteiger partial charge in [-0.25, -0.2) is 4.79 Å². The lowest BCUT2D eigenvalue weighted by Gasteiger charge is -2.27. The van der Waals surface area contributed by atoms with Gasteiger partial charge >= 0.3 is 12.0 Å². The minimum absolute atomic E-state index is 0.336. The van der Waals surface area contributed by atoms with Crippen molar-refractivity contribution in [2.75, 3.05) is 13.1 Å². The Morgan fingerprint density at radius 2 is 2.15 bits per heavy atom. The summed E-state index contributed by atoms with van der Waals surface area (Å²) in [6.45, 7) is 0.727. The van der Waals surface area contributed by atoms with Crippen molar-refractivity contribution in [2.24, 2.45) is 0 Å². The quantitative estimate of drug-likeness (QED) is 0.771. The summed E-state index contributed by atoms with van der Waals surface area (Å²) in [4.78, 5) is 27.3. The van der Waals surface area contributed by atoms with Crippen LogP contribution in [0.15, 0.2) is 24.3 Å². The number of fused-ring (bicyclic) bond motifs is 3. The van der Waals surface area contributed by atoms with Crippen LogP contribution in [0.5, 0.6) is 0 Å². The number of carbonyl (C=O) groups excluding carboxylic acids is 1. The van der Waals surface area contributed by atoms with E-state index in [0.29, 0.717) is 13.1 Å². The highest BCUT2D eigenvalue weighted by molar-refractivity contribution is 5.86. The average molecular weight is 273 g/mol. The molecule has 1 aromatic carbocycles. The number of aromatic amines is 1. The van der Waals surface area contributed by atoms with Crippen molar-refractivity contribution < 1.29 is 14.7 Å². The van der Waals surface area contributed by atoms with Gasteiger partial charge in [0.25, 0.3) is 0 Å². The number of rotatable bonds is 2. The molecule has 0 fully saturated rings. The fraction of sp³-hybridized carbons (Fsp3) is 0.286. The molecule has 20 heavy (non-hydrogen) atoms. The number of hydrogen-bond donors (Lipinski definition) is 3. The maximum atomic E-state index is 11.9. The lowest BCUT2D eigenvalue weighted by atomic mass is 10.0. The number of aromatic nitrogens is 1. The van der Waals surface area contributed by atoms with E-state index < -0.39 is 5.97 Å². The maximum absolute atomic E-state index is 11.9. The molecule has 0 spiro atoms. The zero-order valence-corrected chi connectivity index (χ0v) is 10.8. The van der Waals surface area contributed by atoms with E-state index in [2.05, 4.69) is 16.4 Å². The first-order valence-electron chi connectivity index (χ1n) is 6.48. The fourth-order valence-electron chi connectivity index (χ4n) is 2.63. The molecule has 2 aromatic rings. The zero-order valence-electron chi connectivity index (χ0n) is 10.8. The number of carbonyl (C=O) groups is 2. The first-order valence-corrected chi connectivity index (χ1v) is 6.48. The molecule has 0 saturated carbocycles. The average Bonchev–Trinajstić information content (AvgIpc) is 2.82. The van der Waals surface area contributed by atoms with E-state index in [4.69, 9.17) is 5.11 Å². The lowest BCUT2D eigenvalue weighted by Crippen LogP contribution is -2.44. The molecule has 0 radical (unpaired) electrons. The largest absolute Gasteiger partial charge is 0.480 e. The van der Waals surface area contributed by atoms with Gasteiger partial charge in [-0.3, -0.25) is 4.79 Å². The van der Waals surface area contributed by atoms with Crippen LogP contribution in [0.4, 0.5) is 4.79 Å². The van der Waals surface area contributed by atoms with Gasteiger partial charge < -0.3 is 20.3 Å². The van der Waals surface area contributed by atoms with Crippen molar-refractivity contribution >= 4 is 22.9 Å². The normalized spacial score (nSPS) is 14.1.